The standard InChI is InChI=1S/C22H25N2OS/c25-22-23(14-17-8-3-1-4-9-17)19-16-26-13-7-12-20(26)21(19)24(22)15-18-10-5-2-6-11-18/h1-6,8-11,19-21H,7,12-16H2/q+1/t19-,20+,21-,26?/m1/s1. The van der Waals surface area contributed by atoms with Gasteiger partial charge in [0.1, 0.15) is 28.8 Å². The lowest BCUT2D eigenvalue weighted by Crippen LogP contribution is -2.41. The van der Waals surface area contributed by atoms with Gasteiger partial charge in [0.25, 0.3) is 0 Å². The summed E-state index contributed by atoms with van der Waals surface area (Å²) in [5.74, 6) is 2.60. The van der Waals surface area contributed by atoms with E-state index in [-0.39, 0.29) is 6.03 Å². The average Bonchev–Trinajstić information content (AvgIpc) is 3.32. The van der Waals surface area contributed by atoms with Crippen molar-refractivity contribution in [3.05, 3.63) is 71.8 Å². The molecule has 2 aromatic rings. The van der Waals surface area contributed by atoms with Gasteiger partial charge in [-0.2, -0.15) is 0 Å². The first-order valence-corrected chi connectivity index (χ1v) is 11.3. The number of benzene rings is 2. The second kappa shape index (κ2) is 6.66. The third-order valence-electron chi connectivity index (χ3n) is 6.13. The molecule has 1 unspecified atom stereocenters. The molecule has 3 heterocycles. The Bertz CT molecular complexity index is 781. The zero-order valence-electron chi connectivity index (χ0n) is 15.0. The predicted octanol–water partition coefficient (Wildman–Crippen LogP) is 3.66. The van der Waals surface area contributed by atoms with Gasteiger partial charge in [0.05, 0.1) is 0 Å². The fourth-order valence-electron chi connectivity index (χ4n) is 4.96. The van der Waals surface area contributed by atoms with Crippen molar-refractivity contribution in [1.82, 2.24) is 9.80 Å². The smallest absolute Gasteiger partial charge is 0.310 e. The summed E-state index contributed by atoms with van der Waals surface area (Å²) in [6.07, 6.45) is 2.66. The van der Waals surface area contributed by atoms with Gasteiger partial charge in [-0.05, 0) is 28.4 Å². The van der Waals surface area contributed by atoms with Gasteiger partial charge in [-0.1, -0.05) is 60.7 Å². The first-order chi connectivity index (χ1) is 12.8. The van der Waals surface area contributed by atoms with Gasteiger partial charge in [-0.3, -0.25) is 0 Å². The van der Waals surface area contributed by atoms with E-state index >= 15 is 0 Å². The average molecular weight is 366 g/mol. The highest BCUT2D eigenvalue weighted by Gasteiger charge is 2.62. The maximum Gasteiger partial charge on any atom is 0.321 e. The lowest BCUT2D eigenvalue weighted by atomic mass is 10.0. The molecule has 2 amide bonds. The van der Waals surface area contributed by atoms with Crippen molar-refractivity contribution in [3.8, 4) is 0 Å². The molecule has 134 valence electrons. The summed E-state index contributed by atoms with van der Waals surface area (Å²) in [4.78, 5) is 17.7. The molecular formula is C22H25N2OS+. The van der Waals surface area contributed by atoms with Gasteiger partial charge in [-0.15, -0.1) is 0 Å². The zero-order chi connectivity index (χ0) is 17.5. The Hall–Kier alpha value is -1.94. The van der Waals surface area contributed by atoms with E-state index in [1.165, 1.54) is 35.5 Å². The van der Waals surface area contributed by atoms with Crippen LogP contribution in [0.15, 0.2) is 60.7 Å². The molecule has 0 aliphatic carbocycles. The molecule has 5 rings (SSSR count). The number of fused-ring (bicyclic) bond motifs is 3. The summed E-state index contributed by atoms with van der Waals surface area (Å²) in [7, 11) is 0.515. The van der Waals surface area contributed by atoms with Crippen LogP contribution in [0.1, 0.15) is 24.0 Å². The van der Waals surface area contributed by atoms with Gasteiger partial charge < -0.3 is 9.80 Å². The highest BCUT2D eigenvalue weighted by molar-refractivity contribution is 7.98. The second-order valence-corrected chi connectivity index (χ2v) is 10.1. The Morgan fingerprint density at radius 1 is 0.885 bits per heavy atom. The molecule has 2 aromatic carbocycles. The maximum atomic E-state index is 13.4. The second-order valence-electron chi connectivity index (χ2n) is 7.66. The Morgan fingerprint density at radius 3 is 2.15 bits per heavy atom. The minimum absolute atomic E-state index is 0.239. The van der Waals surface area contributed by atoms with Crippen LogP contribution in [0.3, 0.4) is 0 Å². The van der Waals surface area contributed by atoms with Crippen LogP contribution in [0.25, 0.3) is 0 Å². The number of hydrogen-bond donors (Lipinski definition) is 0. The van der Waals surface area contributed by atoms with Crippen LogP contribution in [-0.2, 0) is 24.0 Å². The molecule has 3 aliphatic heterocycles. The number of carbonyl (C=O) groups is 1. The van der Waals surface area contributed by atoms with Crippen molar-refractivity contribution in [1.29, 1.82) is 0 Å². The van der Waals surface area contributed by atoms with Crippen LogP contribution in [0.5, 0.6) is 0 Å². The Balaban J connectivity index is 1.45. The highest BCUT2D eigenvalue weighted by atomic mass is 32.2. The van der Waals surface area contributed by atoms with E-state index in [9.17, 15) is 4.79 Å². The highest BCUT2D eigenvalue weighted by Crippen LogP contribution is 2.43. The van der Waals surface area contributed by atoms with Crippen molar-refractivity contribution in [2.45, 2.75) is 43.3 Å². The fourth-order valence-corrected chi connectivity index (χ4v) is 8.26. The molecule has 4 atom stereocenters. The SMILES string of the molecule is O=C1N(Cc2ccccc2)[C@@H]2[C@@H](C[S+]3CCC[C@@H]23)N1Cc1ccccc1. The topological polar surface area (TPSA) is 23.6 Å². The van der Waals surface area contributed by atoms with Crippen molar-refractivity contribution in [2.75, 3.05) is 11.5 Å². The summed E-state index contributed by atoms with van der Waals surface area (Å²) in [6, 6.07) is 22.0. The Kier molecular flexibility index (Phi) is 4.16. The Morgan fingerprint density at radius 2 is 1.50 bits per heavy atom. The van der Waals surface area contributed by atoms with Gasteiger partial charge in [0.15, 0.2) is 0 Å². The van der Waals surface area contributed by atoms with E-state index in [0.717, 1.165) is 18.3 Å². The molecule has 4 heteroatoms. The van der Waals surface area contributed by atoms with Gasteiger partial charge in [0.2, 0.25) is 0 Å². The monoisotopic (exact) mass is 365 g/mol. The first-order valence-electron chi connectivity index (χ1n) is 9.62. The first kappa shape index (κ1) is 16.2. The predicted molar refractivity (Wildman–Crippen MR) is 107 cm³/mol. The quantitative estimate of drug-likeness (QED) is 0.599. The summed E-state index contributed by atoms with van der Waals surface area (Å²) >= 11 is 0. The summed E-state index contributed by atoms with van der Waals surface area (Å²) in [5.41, 5.74) is 2.48. The summed E-state index contributed by atoms with van der Waals surface area (Å²) in [6.45, 7) is 1.50. The van der Waals surface area contributed by atoms with Crippen LogP contribution in [-0.4, -0.2) is 44.7 Å². The summed E-state index contributed by atoms with van der Waals surface area (Å²) < 4.78 is 0. The van der Waals surface area contributed by atoms with Gasteiger partial charge in [-0.25, -0.2) is 4.79 Å². The molecule has 26 heavy (non-hydrogen) atoms. The summed E-state index contributed by atoms with van der Waals surface area (Å²) in [5, 5.41) is 0.730. The molecule has 0 bridgehead atoms. The zero-order valence-corrected chi connectivity index (χ0v) is 15.8. The van der Waals surface area contributed by atoms with Gasteiger partial charge >= 0.3 is 6.03 Å². The molecule has 0 N–H and O–H groups in total. The molecule has 3 saturated heterocycles. The van der Waals surface area contributed by atoms with Crippen molar-refractivity contribution in [2.24, 2.45) is 0 Å². The van der Waals surface area contributed by atoms with Crippen molar-refractivity contribution < 1.29 is 4.79 Å². The molecule has 0 saturated carbocycles. The normalized spacial score (nSPS) is 29.9. The molecule has 3 nitrogen and oxygen atoms in total. The van der Waals surface area contributed by atoms with Crippen LogP contribution < -0.4 is 0 Å². The Labute approximate surface area is 158 Å². The largest absolute Gasteiger partial charge is 0.321 e. The van der Waals surface area contributed by atoms with Gasteiger partial charge in [0, 0.05) is 19.5 Å². The number of amides is 2. The van der Waals surface area contributed by atoms with Crippen LogP contribution in [0.2, 0.25) is 0 Å². The van der Waals surface area contributed by atoms with Crippen molar-refractivity contribution >= 4 is 16.9 Å². The van der Waals surface area contributed by atoms with E-state index in [0.29, 0.717) is 23.0 Å². The van der Waals surface area contributed by atoms with E-state index in [1.54, 1.807) is 0 Å². The van der Waals surface area contributed by atoms with E-state index < -0.39 is 0 Å². The maximum absolute atomic E-state index is 13.4. The van der Waals surface area contributed by atoms with Crippen molar-refractivity contribution in [3.63, 3.8) is 0 Å². The fraction of sp³-hybridized carbons (Fsp3) is 0.409. The van der Waals surface area contributed by atoms with Crippen LogP contribution in [0.4, 0.5) is 4.79 Å². The van der Waals surface area contributed by atoms with E-state index in [4.69, 9.17) is 0 Å². The van der Waals surface area contributed by atoms with Crippen LogP contribution in [0, 0.1) is 0 Å². The van der Waals surface area contributed by atoms with E-state index in [2.05, 4.69) is 58.3 Å². The molecule has 0 spiro atoms. The number of nitrogens with zero attached hydrogens (tertiary/aromatic N) is 2. The number of carbonyl (C=O) groups excluding carboxylic acids is 1. The third kappa shape index (κ3) is 2.71. The number of hydrogen-bond acceptors (Lipinski definition) is 1. The van der Waals surface area contributed by atoms with Crippen LogP contribution >= 0.6 is 0 Å². The lowest BCUT2D eigenvalue weighted by Gasteiger charge is -2.24. The molecular weight excluding hydrogens is 340 g/mol. The lowest BCUT2D eigenvalue weighted by molar-refractivity contribution is 0.180. The number of urea groups is 1. The molecule has 0 radical (unpaired) electrons. The third-order valence-corrected chi connectivity index (χ3v) is 9.08. The number of rotatable bonds is 4. The molecule has 0 aromatic heterocycles. The molecule has 3 fully saturated rings. The minimum Gasteiger partial charge on any atom is -0.310 e. The van der Waals surface area contributed by atoms with E-state index in [1.807, 2.05) is 12.1 Å². The minimum atomic E-state index is 0.239. The molecule has 3 aliphatic rings.